The van der Waals surface area contributed by atoms with E-state index in [0.717, 1.165) is 6.42 Å². The number of carbonyl (C=O) groups excluding carboxylic acids is 1. The maximum atomic E-state index is 12.3. The van der Waals surface area contributed by atoms with Crippen LogP contribution in [0.5, 0.6) is 0 Å². The lowest BCUT2D eigenvalue weighted by atomic mass is 9.47. The minimum Gasteiger partial charge on any atom is -0.275 e. The fourth-order valence-corrected chi connectivity index (χ4v) is 5.06. The van der Waals surface area contributed by atoms with Crippen LogP contribution in [0.25, 0.3) is 0 Å². The summed E-state index contributed by atoms with van der Waals surface area (Å²) in [5, 5.41) is 1.36. The van der Waals surface area contributed by atoms with Gasteiger partial charge in [-0.25, -0.2) is 5.06 Å². The van der Waals surface area contributed by atoms with Crippen molar-refractivity contribution in [3.8, 4) is 0 Å². The first-order chi connectivity index (χ1) is 9.72. The molecule has 21 heavy (non-hydrogen) atoms. The molecular weight excluding hydrogens is 262 g/mol. The Bertz CT molecular complexity index is 429. The number of rotatable bonds is 3. The van der Waals surface area contributed by atoms with E-state index in [2.05, 4.69) is 27.4 Å². The van der Waals surface area contributed by atoms with Crippen molar-refractivity contribution in [1.82, 2.24) is 5.06 Å². The summed E-state index contributed by atoms with van der Waals surface area (Å²) in [7, 11) is 3.24. The largest absolute Gasteiger partial charge is 0.275 e. The second kappa shape index (κ2) is 5.75. The van der Waals surface area contributed by atoms with Gasteiger partial charge in [-0.05, 0) is 48.3 Å². The average Bonchev–Trinajstić information content (AvgIpc) is 2.40. The normalized spacial score (nSPS) is 35.2. The Hall–Kier alpha value is -0.830. The van der Waals surface area contributed by atoms with E-state index in [1.165, 1.54) is 36.3 Å². The lowest BCUT2D eigenvalue weighted by Gasteiger charge is -2.58. The van der Waals surface area contributed by atoms with Gasteiger partial charge in [-0.3, -0.25) is 9.63 Å². The summed E-state index contributed by atoms with van der Waals surface area (Å²) >= 11 is 0. The van der Waals surface area contributed by atoms with Gasteiger partial charge in [0, 0.05) is 13.5 Å². The quantitative estimate of drug-likeness (QED) is 0.576. The van der Waals surface area contributed by atoms with E-state index in [-0.39, 0.29) is 11.3 Å². The van der Waals surface area contributed by atoms with Crippen molar-refractivity contribution in [2.45, 2.75) is 59.3 Å². The van der Waals surface area contributed by atoms with Crippen LogP contribution in [0.4, 0.5) is 0 Å². The summed E-state index contributed by atoms with van der Waals surface area (Å²) in [6.45, 7) is 11.5. The number of amides is 1. The fraction of sp³-hybridized carbons (Fsp3) is 0.833. The van der Waals surface area contributed by atoms with Gasteiger partial charge >= 0.3 is 0 Å². The Morgan fingerprint density at radius 3 is 2.67 bits per heavy atom. The molecule has 0 heterocycles. The number of fused-ring (bicyclic) bond motifs is 1. The second-order valence-electron chi connectivity index (χ2n) is 7.93. The van der Waals surface area contributed by atoms with Crippen LogP contribution >= 0.6 is 0 Å². The molecule has 0 aromatic rings. The zero-order valence-electron chi connectivity index (χ0n) is 14.4. The highest BCUT2D eigenvalue weighted by atomic mass is 16.7. The van der Waals surface area contributed by atoms with E-state index in [9.17, 15) is 4.79 Å². The van der Waals surface area contributed by atoms with Crippen LogP contribution in [-0.2, 0) is 9.63 Å². The minimum atomic E-state index is 0.0638. The summed E-state index contributed by atoms with van der Waals surface area (Å²) < 4.78 is 0. The van der Waals surface area contributed by atoms with E-state index in [1.54, 1.807) is 14.2 Å². The maximum absolute atomic E-state index is 12.3. The highest BCUT2D eigenvalue weighted by Gasteiger charge is 2.53. The Kier molecular flexibility index (Phi) is 4.53. The number of carbonyl (C=O) groups is 1. The predicted molar refractivity (Wildman–Crippen MR) is 85.5 cm³/mol. The lowest BCUT2D eigenvalue weighted by Crippen LogP contribution is -2.50. The zero-order chi connectivity index (χ0) is 15.8. The molecule has 3 atom stereocenters. The van der Waals surface area contributed by atoms with Crippen molar-refractivity contribution in [3.63, 3.8) is 0 Å². The standard InChI is InChI=1S/C18H31NO2/c1-13-8-9-15-17(2,3)10-7-11-18(15,4)14(13)12-16(20)19(5)21-6/h14-15H,1,7-12H2,2-6H3. The Morgan fingerprint density at radius 2 is 2.05 bits per heavy atom. The van der Waals surface area contributed by atoms with Gasteiger partial charge in [0.1, 0.15) is 0 Å². The summed E-state index contributed by atoms with van der Waals surface area (Å²) in [6, 6.07) is 0. The van der Waals surface area contributed by atoms with Crippen LogP contribution in [0, 0.1) is 22.7 Å². The van der Waals surface area contributed by atoms with Crippen LogP contribution < -0.4 is 0 Å². The third-order valence-electron chi connectivity index (χ3n) is 6.32. The van der Waals surface area contributed by atoms with Gasteiger partial charge in [-0.15, -0.1) is 0 Å². The zero-order valence-corrected chi connectivity index (χ0v) is 14.4. The van der Waals surface area contributed by atoms with Gasteiger partial charge in [-0.1, -0.05) is 39.3 Å². The van der Waals surface area contributed by atoms with Crippen molar-refractivity contribution in [3.05, 3.63) is 12.2 Å². The first-order valence-electron chi connectivity index (χ1n) is 8.20. The molecule has 0 N–H and O–H groups in total. The number of hydrogen-bond acceptors (Lipinski definition) is 2. The first kappa shape index (κ1) is 16.5. The Morgan fingerprint density at radius 1 is 1.38 bits per heavy atom. The molecule has 2 rings (SSSR count). The summed E-state index contributed by atoms with van der Waals surface area (Å²) in [5.74, 6) is 1.05. The smallest absolute Gasteiger partial charge is 0.246 e. The third kappa shape index (κ3) is 2.90. The molecule has 2 saturated carbocycles. The minimum absolute atomic E-state index is 0.0638. The van der Waals surface area contributed by atoms with Gasteiger partial charge in [0.15, 0.2) is 0 Å². The molecule has 2 fully saturated rings. The Labute approximate surface area is 129 Å². The van der Waals surface area contributed by atoms with Crippen molar-refractivity contribution in [2.75, 3.05) is 14.2 Å². The molecule has 0 aromatic carbocycles. The van der Waals surface area contributed by atoms with Gasteiger partial charge in [0.05, 0.1) is 7.11 Å². The van der Waals surface area contributed by atoms with Gasteiger partial charge in [0.2, 0.25) is 5.91 Å². The van der Waals surface area contributed by atoms with E-state index in [0.29, 0.717) is 23.7 Å². The molecule has 120 valence electrons. The molecular formula is C18H31NO2. The third-order valence-corrected chi connectivity index (χ3v) is 6.32. The molecule has 2 aliphatic rings. The highest BCUT2D eigenvalue weighted by Crippen LogP contribution is 2.61. The van der Waals surface area contributed by atoms with E-state index >= 15 is 0 Å². The molecule has 1 amide bonds. The molecule has 3 unspecified atom stereocenters. The lowest BCUT2D eigenvalue weighted by molar-refractivity contribution is -0.172. The number of allylic oxidation sites excluding steroid dienone is 1. The molecule has 0 bridgehead atoms. The van der Waals surface area contributed by atoms with Crippen LogP contribution in [-0.4, -0.2) is 25.1 Å². The average molecular weight is 293 g/mol. The predicted octanol–water partition coefficient (Wildman–Crippen LogP) is 4.20. The van der Waals surface area contributed by atoms with E-state index < -0.39 is 0 Å². The second-order valence-corrected chi connectivity index (χ2v) is 7.93. The SMILES string of the molecule is C=C1CCC2C(C)(C)CCCC2(C)C1CC(=O)N(C)OC. The van der Waals surface area contributed by atoms with Gasteiger partial charge in [0.25, 0.3) is 0 Å². The maximum Gasteiger partial charge on any atom is 0.246 e. The molecule has 3 heteroatoms. The first-order valence-corrected chi connectivity index (χ1v) is 8.20. The van der Waals surface area contributed by atoms with E-state index in [1.807, 2.05) is 0 Å². The van der Waals surface area contributed by atoms with Crippen molar-refractivity contribution in [1.29, 1.82) is 0 Å². The van der Waals surface area contributed by atoms with E-state index in [4.69, 9.17) is 4.84 Å². The molecule has 2 aliphatic carbocycles. The highest BCUT2D eigenvalue weighted by molar-refractivity contribution is 5.75. The van der Waals surface area contributed by atoms with Crippen LogP contribution in [0.2, 0.25) is 0 Å². The topological polar surface area (TPSA) is 29.5 Å². The fourth-order valence-electron chi connectivity index (χ4n) is 5.06. The molecule has 0 saturated heterocycles. The van der Waals surface area contributed by atoms with Crippen molar-refractivity contribution in [2.24, 2.45) is 22.7 Å². The van der Waals surface area contributed by atoms with Crippen LogP contribution in [0.15, 0.2) is 12.2 Å². The number of nitrogens with zero attached hydrogens (tertiary/aromatic N) is 1. The summed E-state index contributed by atoms with van der Waals surface area (Å²) in [6.07, 6.45) is 6.61. The molecule has 3 nitrogen and oxygen atoms in total. The molecule has 0 aliphatic heterocycles. The number of hydrogen-bond donors (Lipinski definition) is 0. The van der Waals surface area contributed by atoms with Crippen LogP contribution in [0.3, 0.4) is 0 Å². The van der Waals surface area contributed by atoms with Crippen LogP contribution in [0.1, 0.15) is 59.3 Å². The van der Waals surface area contributed by atoms with Crippen molar-refractivity contribution < 1.29 is 9.63 Å². The molecule has 0 aromatic heterocycles. The summed E-state index contributed by atoms with van der Waals surface area (Å²) in [4.78, 5) is 17.4. The van der Waals surface area contributed by atoms with Gasteiger partial charge in [-0.2, -0.15) is 0 Å². The summed E-state index contributed by atoms with van der Waals surface area (Å²) in [5.41, 5.74) is 1.85. The molecule has 0 spiro atoms. The molecule has 0 radical (unpaired) electrons. The van der Waals surface area contributed by atoms with Gasteiger partial charge < -0.3 is 0 Å². The monoisotopic (exact) mass is 293 g/mol. The Balaban J connectivity index is 2.25. The van der Waals surface area contributed by atoms with Crippen molar-refractivity contribution >= 4 is 5.91 Å². The number of hydroxylamine groups is 2.